The van der Waals surface area contributed by atoms with Crippen molar-refractivity contribution >= 4 is 17.2 Å². The van der Waals surface area contributed by atoms with Crippen molar-refractivity contribution in [3.63, 3.8) is 0 Å². The van der Waals surface area contributed by atoms with Gasteiger partial charge < -0.3 is 10.4 Å². The summed E-state index contributed by atoms with van der Waals surface area (Å²) in [5, 5.41) is 24.9. The summed E-state index contributed by atoms with van der Waals surface area (Å²) < 4.78 is 1.50. The standard InChI is InChI=1S/C18H18N4O2S/c23-17(13-7-8-25-11-13)10-22-9-16(20-21-22)18(24)19-15-6-5-12-3-1-2-4-14(12)15/h1-4,7-9,11,15,17,23H,5-6,10H2,(H,19,24)/t15-,17+/m0/s1. The number of carbonyl (C=O) groups excluding carboxylic acids is 1. The SMILES string of the molecule is O=C(N[C@H]1CCc2ccccc21)c1cn(C[C@@H](O)c2ccsc2)nn1. The molecule has 7 heteroatoms. The van der Waals surface area contributed by atoms with Gasteiger partial charge in [-0.25, -0.2) is 4.68 Å². The van der Waals surface area contributed by atoms with Crippen LogP contribution in [0.4, 0.5) is 0 Å². The maximum atomic E-state index is 12.5. The van der Waals surface area contributed by atoms with Gasteiger partial charge in [0, 0.05) is 0 Å². The fourth-order valence-electron chi connectivity index (χ4n) is 3.18. The van der Waals surface area contributed by atoms with E-state index in [4.69, 9.17) is 0 Å². The number of hydrogen-bond acceptors (Lipinski definition) is 5. The summed E-state index contributed by atoms with van der Waals surface area (Å²) in [5.41, 5.74) is 3.57. The molecule has 0 unspecified atom stereocenters. The van der Waals surface area contributed by atoms with E-state index in [1.165, 1.54) is 27.1 Å². The summed E-state index contributed by atoms with van der Waals surface area (Å²) in [6.07, 6.45) is 2.79. The predicted octanol–water partition coefficient (Wildman–Crippen LogP) is 2.49. The van der Waals surface area contributed by atoms with Crippen molar-refractivity contribution in [3.8, 4) is 0 Å². The summed E-state index contributed by atoms with van der Waals surface area (Å²) in [4.78, 5) is 12.5. The lowest BCUT2D eigenvalue weighted by atomic mass is 10.1. The highest BCUT2D eigenvalue weighted by Crippen LogP contribution is 2.30. The van der Waals surface area contributed by atoms with Gasteiger partial charge in [0.15, 0.2) is 5.69 Å². The van der Waals surface area contributed by atoms with Crippen LogP contribution in [0.3, 0.4) is 0 Å². The van der Waals surface area contributed by atoms with Gasteiger partial charge in [-0.3, -0.25) is 4.79 Å². The summed E-state index contributed by atoms with van der Waals surface area (Å²) in [6.45, 7) is 0.267. The van der Waals surface area contributed by atoms with Gasteiger partial charge >= 0.3 is 0 Å². The molecule has 0 saturated heterocycles. The van der Waals surface area contributed by atoms with E-state index in [0.717, 1.165) is 18.4 Å². The Kier molecular flexibility index (Phi) is 4.33. The Balaban J connectivity index is 1.41. The Morgan fingerprint density at radius 3 is 3.12 bits per heavy atom. The predicted molar refractivity (Wildman–Crippen MR) is 94.3 cm³/mol. The Bertz CT molecular complexity index is 875. The molecule has 0 aliphatic heterocycles. The van der Waals surface area contributed by atoms with Crippen LogP contribution in [0.2, 0.25) is 0 Å². The van der Waals surface area contributed by atoms with E-state index in [2.05, 4.69) is 27.8 Å². The molecule has 1 aliphatic carbocycles. The number of fused-ring (bicyclic) bond motifs is 1. The zero-order chi connectivity index (χ0) is 17.2. The number of carbonyl (C=O) groups is 1. The molecule has 1 aliphatic rings. The van der Waals surface area contributed by atoms with Crippen molar-refractivity contribution in [3.05, 3.63) is 69.7 Å². The van der Waals surface area contributed by atoms with Crippen LogP contribution in [0.1, 0.15) is 45.7 Å². The third-order valence-corrected chi connectivity index (χ3v) is 5.20. The number of thiophene rings is 1. The third kappa shape index (κ3) is 3.33. The van der Waals surface area contributed by atoms with Crippen molar-refractivity contribution < 1.29 is 9.90 Å². The largest absolute Gasteiger partial charge is 0.386 e. The number of amides is 1. The molecule has 3 aromatic rings. The van der Waals surface area contributed by atoms with Crippen LogP contribution in [0, 0.1) is 0 Å². The van der Waals surface area contributed by atoms with Crippen molar-refractivity contribution in [2.75, 3.05) is 0 Å². The van der Waals surface area contributed by atoms with Gasteiger partial charge in [-0.2, -0.15) is 11.3 Å². The second kappa shape index (κ2) is 6.78. The minimum atomic E-state index is -0.662. The van der Waals surface area contributed by atoms with Gasteiger partial charge in [0.05, 0.1) is 24.9 Å². The number of nitrogens with one attached hydrogen (secondary N) is 1. The molecule has 0 saturated carbocycles. The Hall–Kier alpha value is -2.51. The second-order valence-electron chi connectivity index (χ2n) is 6.16. The first-order valence-corrected chi connectivity index (χ1v) is 9.14. The number of aromatic nitrogens is 3. The zero-order valence-electron chi connectivity index (χ0n) is 13.5. The average Bonchev–Trinajstić information content (AvgIpc) is 3.36. The monoisotopic (exact) mass is 354 g/mol. The maximum absolute atomic E-state index is 12.5. The maximum Gasteiger partial charge on any atom is 0.273 e. The number of aryl methyl sites for hydroxylation is 1. The van der Waals surface area contributed by atoms with Crippen molar-refractivity contribution in [1.82, 2.24) is 20.3 Å². The normalized spacial score (nSPS) is 17.2. The number of hydrogen-bond donors (Lipinski definition) is 2. The van der Waals surface area contributed by atoms with Crippen molar-refractivity contribution in [2.24, 2.45) is 0 Å². The molecule has 25 heavy (non-hydrogen) atoms. The zero-order valence-corrected chi connectivity index (χ0v) is 14.3. The molecular weight excluding hydrogens is 336 g/mol. The molecular formula is C18H18N4O2S. The van der Waals surface area contributed by atoms with Crippen LogP contribution in [0.25, 0.3) is 0 Å². The highest BCUT2D eigenvalue weighted by molar-refractivity contribution is 7.07. The Labute approximate surface area is 149 Å². The van der Waals surface area contributed by atoms with Gasteiger partial charge in [0.25, 0.3) is 5.91 Å². The summed E-state index contributed by atoms with van der Waals surface area (Å²) in [5.74, 6) is -0.238. The van der Waals surface area contributed by atoms with Gasteiger partial charge in [-0.05, 0) is 46.4 Å². The summed E-state index contributed by atoms with van der Waals surface area (Å²) in [6, 6.07) is 10.1. The minimum Gasteiger partial charge on any atom is -0.386 e. The first-order chi connectivity index (χ1) is 12.2. The van der Waals surface area contributed by atoms with Gasteiger partial charge in [0.2, 0.25) is 0 Å². The number of aliphatic hydroxyl groups excluding tert-OH is 1. The molecule has 0 bridgehead atoms. The third-order valence-electron chi connectivity index (χ3n) is 4.50. The van der Waals surface area contributed by atoms with Crippen LogP contribution in [0.15, 0.2) is 47.3 Å². The number of aliphatic hydroxyl groups is 1. The topological polar surface area (TPSA) is 80.0 Å². The molecule has 4 rings (SSSR count). The molecule has 1 aromatic carbocycles. The lowest BCUT2D eigenvalue weighted by Gasteiger charge is -2.12. The molecule has 0 radical (unpaired) electrons. The van der Waals surface area contributed by atoms with E-state index >= 15 is 0 Å². The minimum absolute atomic E-state index is 0.0187. The van der Waals surface area contributed by atoms with Gasteiger partial charge in [0.1, 0.15) is 0 Å². The first kappa shape index (κ1) is 16.0. The quantitative estimate of drug-likeness (QED) is 0.738. The molecule has 2 atom stereocenters. The molecule has 128 valence electrons. The van der Waals surface area contributed by atoms with E-state index in [9.17, 15) is 9.90 Å². The lowest BCUT2D eigenvalue weighted by molar-refractivity contribution is 0.0931. The number of rotatable bonds is 5. The average molecular weight is 354 g/mol. The van der Waals surface area contributed by atoms with Crippen molar-refractivity contribution in [2.45, 2.75) is 31.5 Å². The summed E-state index contributed by atoms with van der Waals surface area (Å²) >= 11 is 1.53. The van der Waals surface area contributed by atoms with E-state index < -0.39 is 6.10 Å². The Morgan fingerprint density at radius 2 is 2.28 bits per heavy atom. The number of nitrogens with zero attached hydrogens (tertiary/aromatic N) is 3. The van der Waals surface area contributed by atoms with Crippen LogP contribution in [0.5, 0.6) is 0 Å². The van der Waals surface area contributed by atoms with E-state index in [-0.39, 0.29) is 24.2 Å². The van der Waals surface area contributed by atoms with E-state index in [0.29, 0.717) is 0 Å². The molecule has 0 fully saturated rings. The molecule has 2 N–H and O–H groups in total. The highest BCUT2D eigenvalue weighted by atomic mass is 32.1. The van der Waals surface area contributed by atoms with Crippen LogP contribution >= 0.6 is 11.3 Å². The molecule has 1 amide bonds. The lowest BCUT2D eigenvalue weighted by Crippen LogP contribution is -2.27. The number of benzene rings is 1. The van der Waals surface area contributed by atoms with Crippen molar-refractivity contribution in [1.29, 1.82) is 0 Å². The summed E-state index contributed by atoms with van der Waals surface area (Å²) in [7, 11) is 0. The van der Waals surface area contributed by atoms with Crippen LogP contribution < -0.4 is 5.32 Å². The first-order valence-electron chi connectivity index (χ1n) is 8.19. The van der Waals surface area contributed by atoms with Gasteiger partial charge in [-0.15, -0.1) is 5.10 Å². The fraction of sp³-hybridized carbons (Fsp3) is 0.278. The molecule has 6 nitrogen and oxygen atoms in total. The second-order valence-corrected chi connectivity index (χ2v) is 6.94. The smallest absolute Gasteiger partial charge is 0.273 e. The fourth-order valence-corrected chi connectivity index (χ4v) is 3.89. The van der Waals surface area contributed by atoms with Crippen LogP contribution in [-0.4, -0.2) is 26.0 Å². The Morgan fingerprint density at radius 1 is 1.40 bits per heavy atom. The van der Waals surface area contributed by atoms with E-state index in [1.54, 1.807) is 6.20 Å². The van der Waals surface area contributed by atoms with E-state index in [1.807, 2.05) is 29.0 Å². The molecule has 2 heterocycles. The molecule has 2 aromatic heterocycles. The molecule has 0 spiro atoms. The van der Waals surface area contributed by atoms with Gasteiger partial charge in [-0.1, -0.05) is 29.5 Å². The highest BCUT2D eigenvalue weighted by Gasteiger charge is 2.25. The van der Waals surface area contributed by atoms with Crippen LogP contribution in [-0.2, 0) is 13.0 Å².